The van der Waals surface area contributed by atoms with Crippen molar-refractivity contribution in [1.29, 1.82) is 0 Å². The van der Waals surface area contributed by atoms with Crippen molar-refractivity contribution < 1.29 is 4.42 Å². The lowest BCUT2D eigenvalue weighted by Crippen LogP contribution is -2.00. The van der Waals surface area contributed by atoms with Crippen molar-refractivity contribution in [3.05, 3.63) is 164 Å². The van der Waals surface area contributed by atoms with Crippen molar-refractivity contribution in [2.45, 2.75) is 0 Å². The highest BCUT2D eigenvalue weighted by Crippen LogP contribution is 2.42. The fourth-order valence-electron chi connectivity index (χ4n) is 7.02. The molecule has 0 bridgehead atoms. The summed E-state index contributed by atoms with van der Waals surface area (Å²) in [6.45, 7) is 0. The van der Waals surface area contributed by atoms with Gasteiger partial charge in [-0.15, -0.1) is 0 Å². The zero-order chi connectivity index (χ0) is 33.7. The van der Waals surface area contributed by atoms with E-state index in [1.54, 1.807) is 6.20 Å². The molecular formula is C45H27N5O. The maximum Gasteiger partial charge on any atom is 0.164 e. The molecule has 6 aromatic carbocycles. The molecule has 0 spiro atoms. The molecule has 6 nitrogen and oxygen atoms in total. The van der Waals surface area contributed by atoms with Gasteiger partial charge in [-0.1, -0.05) is 133 Å². The first-order valence-electron chi connectivity index (χ1n) is 16.8. The Kier molecular flexibility index (Phi) is 6.70. The summed E-state index contributed by atoms with van der Waals surface area (Å²) in [7, 11) is 0. The number of aromatic nitrogens is 5. The third-order valence-corrected chi connectivity index (χ3v) is 9.44. The lowest BCUT2D eigenvalue weighted by atomic mass is 9.93. The van der Waals surface area contributed by atoms with Crippen molar-refractivity contribution in [3.63, 3.8) is 0 Å². The van der Waals surface area contributed by atoms with Crippen LogP contribution in [0.3, 0.4) is 0 Å². The predicted octanol–water partition coefficient (Wildman–Crippen LogP) is 11.2. The molecule has 0 fully saturated rings. The van der Waals surface area contributed by atoms with E-state index in [2.05, 4.69) is 72.8 Å². The number of rotatable bonds is 5. The van der Waals surface area contributed by atoms with E-state index in [1.807, 2.05) is 85.1 Å². The van der Waals surface area contributed by atoms with E-state index in [-0.39, 0.29) is 0 Å². The topological polar surface area (TPSA) is 77.6 Å². The summed E-state index contributed by atoms with van der Waals surface area (Å²) in [5.74, 6) is 1.88. The van der Waals surface area contributed by atoms with Crippen LogP contribution in [-0.4, -0.2) is 24.9 Å². The lowest BCUT2D eigenvalue weighted by Gasteiger charge is -2.13. The standard InChI is InChI=1S/C45H27N5O/c1-3-12-28(13-4-1)43-48-44(29-14-5-2-6-15-29)50-45(49-43)36-23-22-34(32-18-9-10-19-33(32)36)35-20-11-21-37-40-39(51-42(35)37)24-25-46-41(40)38-26-30-16-7-8-17-31(30)27-47-38/h1-27H. The van der Waals surface area contributed by atoms with Crippen LogP contribution in [0.5, 0.6) is 0 Å². The Morgan fingerprint density at radius 3 is 1.78 bits per heavy atom. The van der Waals surface area contributed by atoms with E-state index in [0.29, 0.717) is 17.5 Å². The van der Waals surface area contributed by atoms with Crippen molar-refractivity contribution in [2.75, 3.05) is 0 Å². The molecule has 0 aliphatic carbocycles. The van der Waals surface area contributed by atoms with Crippen LogP contribution in [-0.2, 0) is 0 Å². The number of fused-ring (bicyclic) bond motifs is 5. The van der Waals surface area contributed by atoms with Gasteiger partial charge in [-0.25, -0.2) is 15.0 Å². The van der Waals surface area contributed by atoms with Crippen LogP contribution in [0, 0.1) is 0 Å². The zero-order valence-electron chi connectivity index (χ0n) is 27.2. The molecule has 0 N–H and O–H groups in total. The molecule has 0 amide bonds. The van der Waals surface area contributed by atoms with E-state index in [0.717, 1.165) is 82.7 Å². The second kappa shape index (κ2) is 11.8. The minimum absolute atomic E-state index is 0.617. The Labute approximate surface area is 292 Å². The van der Waals surface area contributed by atoms with Crippen LogP contribution in [0.4, 0.5) is 0 Å². The van der Waals surface area contributed by atoms with Gasteiger partial charge in [0.15, 0.2) is 17.5 Å². The Bertz CT molecular complexity index is 2860. The van der Waals surface area contributed by atoms with Crippen LogP contribution >= 0.6 is 0 Å². The Balaban J connectivity index is 1.16. The molecule has 238 valence electrons. The highest BCUT2D eigenvalue weighted by atomic mass is 16.3. The molecule has 6 heteroatoms. The zero-order valence-corrected chi connectivity index (χ0v) is 27.2. The quantitative estimate of drug-likeness (QED) is 0.184. The van der Waals surface area contributed by atoms with Crippen molar-refractivity contribution >= 4 is 43.5 Å². The number of benzene rings is 6. The van der Waals surface area contributed by atoms with Crippen molar-refractivity contribution in [1.82, 2.24) is 24.9 Å². The largest absolute Gasteiger partial charge is 0.455 e. The van der Waals surface area contributed by atoms with E-state index >= 15 is 0 Å². The first-order chi connectivity index (χ1) is 25.3. The molecule has 0 aliphatic rings. The first kappa shape index (κ1) is 28.9. The summed E-state index contributed by atoms with van der Waals surface area (Å²) in [4.78, 5) is 24.6. The highest BCUT2D eigenvalue weighted by molar-refractivity contribution is 6.16. The highest BCUT2D eigenvalue weighted by Gasteiger charge is 2.20. The molecule has 10 aromatic rings. The molecule has 0 unspecified atom stereocenters. The molecule has 0 aliphatic heterocycles. The Hall–Kier alpha value is -7.05. The molecular weight excluding hydrogens is 627 g/mol. The Morgan fingerprint density at radius 1 is 0.431 bits per heavy atom. The minimum Gasteiger partial charge on any atom is -0.455 e. The van der Waals surface area contributed by atoms with Gasteiger partial charge in [0.1, 0.15) is 16.9 Å². The predicted molar refractivity (Wildman–Crippen MR) is 205 cm³/mol. The SMILES string of the molecule is c1ccc(-c2nc(-c3ccccc3)nc(-c3ccc(-c4cccc5c4oc4ccnc(-c6cc7ccccc7cn6)c45)c4ccccc34)n2)cc1. The van der Waals surface area contributed by atoms with Gasteiger partial charge in [-0.05, 0) is 39.9 Å². The smallest absolute Gasteiger partial charge is 0.164 e. The maximum absolute atomic E-state index is 6.68. The third-order valence-electron chi connectivity index (χ3n) is 9.44. The molecule has 0 atom stereocenters. The molecule has 0 saturated heterocycles. The van der Waals surface area contributed by atoms with Crippen LogP contribution < -0.4 is 0 Å². The van der Waals surface area contributed by atoms with Crippen LogP contribution in [0.15, 0.2) is 168 Å². The van der Waals surface area contributed by atoms with Crippen molar-refractivity contribution in [3.8, 4) is 56.7 Å². The van der Waals surface area contributed by atoms with E-state index < -0.39 is 0 Å². The maximum atomic E-state index is 6.68. The average molecular weight is 654 g/mol. The fourth-order valence-corrected chi connectivity index (χ4v) is 7.02. The summed E-state index contributed by atoms with van der Waals surface area (Å²) in [6.07, 6.45) is 3.70. The normalized spacial score (nSPS) is 11.5. The minimum atomic E-state index is 0.617. The fraction of sp³-hybridized carbons (Fsp3) is 0. The van der Waals surface area contributed by atoms with Gasteiger partial charge in [0.2, 0.25) is 0 Å². The van der Waals surface area contributed by atoms with Gasteiger partial charge in [0, 0.05) is 45.4 Å². The molecule has 10 rings (SSSR count). The summed E-state index contributed by atoms with van der Waals surface area (Å²) >= 11 is 0. The van der Waals surface area contributed by atoms with Crippen molar-refractivity contribution in [2.24, 2.45) is 0 Å². The van der Waals surface area contributed by atoms with Crippen LogP contribution in [0.2, 0.25) is 0 Å². The van der Waals surface area contributed by atoms with Gasteiger partial charge >= 0.3 is 0 Å². The number of furan rings is 1. The second-order valence-corrected chi connectivity index (χ2v) is 12.5. The first-order valence-corrected chi connectivity index (χ1v) is 16.8. The lowest BCUT2D eigenvalue weighted by molar-refractivity contribution is 0.669. The van der Waals surface area contributed by atoms with Gasteiger partial charge in [0.05, 0.1) is 11.1 Å². The number of hydrogen-bond donors (Lipinski definition) is 0. The van der Waals surface area contributed by atoms with Gasteiger partial charge in [-0.3, -0.25) is 9.97 Å². The average Bonchev–Trinajstić information content (AvgIpc) is 3.60. The Morgan fingerprint density at radius 2 is 1.04 bits per heavy atom. The van der Waals surface area contributed by atoms with Crippen LogP contribution in [0.1, 0.15) is 0 Å². The van der Waals surface area contributed by atoms with Gasteiger partial charge in [-0.2, -0.15) is 0 Å². The van der Waals surface area contributed by atoms with Crippen LogP contribution in [0.25, 0.3) is 100 Å². The third kappa shape index (κ3) is 4.92. The van der Waals surface area contributed by atoms with Gasteiger partial charge < -0.3 is 4.42 Å². The number of pyridine rings is 2. The van der Waals surface area contributed by atoms with E-state index in [9.17, 15) is 0 Å². The summed E-state index contributed by atoms with van der Waals surface area (Å²) < 4.78 is 6.68. The molecule has 0 radical (unpaired) electrons. The molecule has 4 aromatic heterocycles. The molecule has 51 heavy (non-hydrogen) atoms. The monoisotopic (exact) mass is 653 g/mol. The molecule has 0 saturated carbocycles. The summed E-state index contributed by atoms with van der Waals surface area (Å²) in [5, 5.41) is 6.26. The second-order valence-electron chi connectivity index (χ2n) is 12.5. The number of hydrogen-bond acceptors (Lipinski definition) is 6. The molecule has 4 heterocycles. The van der Waals surface area contributed by atoms with E-state index in [1.165, 1.54) is 0 Å². The van der Waals surface area contributed by atoms with Gasteiger partial charge in [0.25, 0.3) is 0 Å². The summed E-state index contributed by atoms with van der Waals surface area (Å²) in [6, 6.07) is 51.4. The van der Waals surface area contributed by atoms with E-state index in [4.69, 9.17) is 29.3 Å². The number of nitrogens with zero attached hydrogens (tertiary/aromatic N) is 5. The summed E-state index contributed by atoms with van der Waals surface area (Å²) in [5.41, 5.74) is 8.02. The number of para-hydroxylation sites is 1.